The van der Waals surface area contributed by atoms with Crippen LogP contribution in [-0.4, -0.2) is 30.0 Å². The average Bonchev–Trinajstić information content (AvgIpc) is 2.22. The standard InChI is InChI=1S/C11H18FN3/c1-3-11(15(2)7-6-13)10-5-4-9(12)8-14-10/h4-5,8,11H,3,6-7,13H2,1-2H3. The first-order valence-electron chi connectivity index (χ1n) is 5.20. The summed E-state index contributed by atoms with van der Waals surface area (Å²) >= 11 is 0. The molecule has 3 nitrogen and oxygen atoms in total. The lowest BCUT2D eigenvalue weighted by Crippen LogP contribution is -2.30. The smallest absolute Gasteiger partial charge is 0.141 e. The number of nitrogens with zero attached hydrogens (tertiary/aromatic N) is 2. The van der Waals surface area contributed by atoms with Crippen molar-refractivity contribution in [3.63, 3.8) is 0 Å². The molecule has 1 rings (SSSR count). The van der Waals surface area contributed by atoms with Crippen LogP contribution in [0.25, 0.3) is 0 Å². The van der Waals surface area contributed by atoms with Gasteiger partial charge in [0.2, 0.25) is 0 Å². The van der Waals surface area contributed by atoms with Gasteiger partial charge >= 0.3 is 0 Å². The second-order valence-electron chi connectivity index (χ2n) is 3.59. The van der Waals surface area contributed by atoms with Crippen LogP contribution in [0.3, 0.4) is 0 Å². The van der Waals surface area contributed by atoms with Gasteiger partial charge in [0, 0.05) is 13.1 Å². The predicted molar refractivity (Wildman–Crippen MR) is 58.9 cm³/mol. The minimum atomic E-state index is -0.296. The SMILES string of the molecule is CCC(c1ccc(F)cn1)N(C)CCN. The van der Waals surface area contributed by atoms with Crippen LogP contribution in [0.1, 0.15) is 25.1 Å². The van der Waals surface area contributed by atoms with Crippen molar-refractivity contribution < 1.29 is 4.39 Å². The van der Waals surface area contributed by atoms with Crippen LogP contribution in [0.2, 0.25) is 0 Å². The molecule has 0 aromatic carbocycles. The van der Waals surface area contributed by atoms with Crippen LogP contribution in [-0.2, 0) is 0 Å². The van der Waals surface area contributed by atoms with Gasteiger partial charge in [-0.3, -0.25) is 9.88 Å². The first-order valence-corrected chi connectivity index (χ1v) is 5.20. The maximum absolute atomic E-state index is 12.7. The Hall–Kier alpha value is -1.00. The molecular weight excluding hydrogens is 193 g/mol. The maximum Gasteiger partial charge on any atom is 0.141 e. The molecular formula is C11H18FN3. The Bertz CT molecular complexity index is 286. The summed E-state index contributed by atoms with van der Waals surface area (Å²) in [6, 6.07) is 3.40. The average molecular weight is 211 g/mol. The second-order valence-corrected chi connectivity index (χ2v) is 3.59. The zero-order valence-corrected chi connectivity index (χ0v) is 9.28. The number of rotatable bonds is 5. The van der Waals surface area contributed by atoms with Gasteiger partial charge in [0.25, 0.3) is 0 Å². The molecule has 15 heavy (non-hydrogen) atoms. The first kappa shape index (κ1) is 12.1. The van der Waals surface area contributed by atoms with E-state index in [1.165, 1.54) is 12.3 Å². The third-order valence-corrected chi connectivity index (χ3v) is 2.49. The number of pyridine rings is 1. The fourth-order valence-electron chi connectivity index (χ4n) is 1.69. The highest BCUT2D eigenvalue weighted by Gasteiger charge is 2.15. The van der Waals surface area contributed by atoms with Crippen LogP contribution in [0.4, 0.5) is 4.39 Å². The Balaban J connectivity index is 2.77. The molecule has 1 atom stereocenters. The highest BCUT2D eigenvalue weighted by molar-refractivity contribution is 5.09. The fraction of sp³-hybridized carbons (Fsp3) is 0.545. The molecule has 0 fully saturated rings. The van der Waals surface area contributed by atoms with Crippen LogP contribution in [0.5, 0.6) is 0 Å². The molecule has 1 aromatic rings. The molecule has 0 spiro atoms. The predicted octanol–water partition coefficient (Wildman–Crippen LogP) is 1.56. The van der Waals surface area contributed by atoms with Crippen LogP contribution in [0, 0.1) is 5.82 Å². The van der Waals surface area contributed by atoms with E-state index in [4.69, 9.17) is 5.73 Å². The Morgan fingerprint density at radius 3 is 2.73 bits per heavy atom. The van der Waals surface area contributed by atoms with Gasteiger partial charge < -0.3 is 5.73 Å². The van der Waals surface area contributed by atoms with Crippen molar-refractivity contribution in [2.45, 2.75) is 19.4 Å². The number of hydrogen-bond acceptors (Lipinski definition) is 3. The van der Waals surface area contributed by atoms with Crippen molar-refractivity contribution in [2.24, 2.45) is 5.73 Å². The van der Waals surface area contributed by atoms with Gasteiger partial charge in [-0.2, -0.15) is 0 Å². The van der Waals surface area contributed by atoms with E-state index in [-0.39, 0.29) is 11.9 Å². The van der Waals surface area contributed by atoms with Crippen molar-refractivity contribution in [2.75, 3.05) is 20.1 Å². The highest BCUT2D eigenvalue weighted by Crippen LogP contribution is 2.20. The Kier molecular flexibility index (Phi) is 4.65. The second kappa shape index (κ2) is 5.78. The summed E-state index contributed by atoms with van der Waals surface area (Å²) in [7, 11) is 2.01. The van der Waals surface area contributed by atoms with Crippen molar-refractivity contribution in [3.8, 4) is 0 Å². The summed E-state index contributed by atoms with van der Waals surface area (Å²) in [5.41, 5.74) is 6.40. The Morgan fingerprint density at radius 2 is 2.27 bits per heavy atom. The molecule has 0 saturated heterocycles. The van der Waals surface area contributed by atoms with Crippen molar-refractivity contribution in [3.05, 3.63) is 29.8 Å². The summed E-state index contributed by atoms with van der Waals surface area (Å²) in [5, 5.41) is 0. The quantitative estimate of drug-likeness (QED) is 0.803. The van der Waals surface area contributed by atoms with Gasteiger partial charge in [0.1, 0.15) is 5.82 Å². The lowest BCUT2D eigenvalue weighted by molar-refractivity contribution is 0.240. The van der Waals surface area contributed by atoms with Gasteiger partial charge in [0.15, 0.2) is 0 Å². The molecule has 84 valence electrons. The molecule has 0 radical (unpaired) electrons. The summed E-state index contributed by atoms with van der Waals surface area (Å²) in [5.74, 6) is -0.296. The molecule has 0 bridgehead atoms. The zero-order valence-electron chi connectivity index (χ0n) is 9.28. The number of aromatic nitrogens is 1. The van der Waals surface area contributed by atoms with Crippen molar-refractivity contribution in [1.29, 1.82) is 0 Å². The molecule has 4 heteroatoms. The summed E-state index contributed by atoms with van der Waals surface area (Å²) in [6.45, 7) is 3.52. The van der Waals surface area contributed by atoms with Crippen LogP contribution >= 0.6 is 0 Å². The molecule has 1 heterocycles. The van der Waals surface area contributed by atoms with Crippen molar-refractivity contribution in [1.82, 2.24) is 9.88 Å². The third kappa shape index (κ3) is 3.25. The fourth-order valence-corrected chi connectivity index (χ4v) is 1.69. The molecule has 1 unspecified atom stereocenters. The zero-order chi connectivity index (χ0) is 11.3. The van der Waals surface area contributed by atoms with E-state index in [1.807, 2.05) is 7.05 Å². The number of nitrogens with two attached hydrogens (primary N) is 1. The third-order valence-electron chi connectivity index (χ3n) is 2.49. The molecule has 0 aliphatic heterocycles. The number of halogens is 1. The van der Waals surface area contributed by atoms with E-state index >= 15 is 0 Å². The van der Waals surface area contributed by atoms with Gasteiger partial charge in [-0.15, -0.1) is 0 Å². The summed E-state index contributed by atoms with van der Waals surface area (Å²) < 4.78 is 12.7. The lowest BCUT2D eigenvalue weighted by Gasteiger charge is -2.25. The van der Waals surface area contributed by atoms with E-state index in [1.54, 1.807) is 6.07 Å². The largest absolute Gasteiger partial charge is 0.329 e. The van der Waals surface area contributed by atoms with E-state index in [0.29, 0.717) is 6.54 Å². The normalized spacial score (nSPS) is 13.1. The van der Waals surface area contributed by atoms with Gasteiger partial charge in [-0.05, 0) is 25.6 Å². The Morgan fingerprint density at radius 1 is 1.53 bits per heavy atom. The summed E-state index contributed by atoms with van der Waals surface area (Å²) in [4.78, 5) is 6.23. The van der Waals surface area contributed by atoms with Gasteiger partial charge in [0.05, 0.1) is 17.9 Å². The van der Waals surface area contributed by atoms with Crippen LogP contribution < -0.4 is 5.73 Å². The van der Waals surface area contributed by atoms with E-state index in [9.17, 15) is 4.39 Å². The minimum Gasteiger partial charge on any atom is -0.329 e. The van der Waals surface area contributed by atoms with Crippen LogP contribution in [0.15, 0.2) is 18.3 Å². The Labute approximate surface area is 90.1 Å². The first-order chi connectivity index (χ1) is 7.19. The number of hydrogen-bond donors (Lipinski definition) is 1. The van der Waals surface area contributed by atoms with E-state index in [0.717, 1.165) is 18.7 Å². The summed E-state index contributed by atoms with van der Waals surface area (Å²) in [6.07, 6.45) is 2.20. The topological polar surface area (TPSA) is 42.2 Å². The molecule has 0 aliphatic rings. The lowest BCUT2D eigenvalue weighted by atomic mass is 10.1. The molecule has 2 N–H and O–H groups in total. The number of likely N-dealkylation sites (N-methyl/N-ethyl adjacent to an activating group) is 1. The monoisotopic (exact) mass is 211 g/mol. The maximum atomic E-state index is 12.7. The van der Waals surface area contributed by atoms with E-state index < -0.39 is 0 Å². The molecule has 1 aromatic heterocycles. The minimum absolute atomic E-state index is 0.217. The van der Waals surface area contributed by atoms with Crippen molar-refractivity contribution >= 4 is 0 Å². The van der Waals surface area contributed by atoms with Gasteiger partial charge in [-0.25, -0.2) is 4.39 Å². The molecule has 0 saturated carbocycles. The van der Waals surface area contributed by atoms with E-state index in [2.05, 4.69) is 16.8 Å². The molecule has 0 aliphatic carbocycles. The van der Waals surface area contributed by atoms with Gasteiger partial charge in [-0.1, -0.05) is 6.92 Å². The molecule has 0 amide bonds. The highest BCUT2D eigenvalue weighted by atomic mass is 19.1.